The van der Waals surface area contributed by atoms with Gasteiger partial charge in [-0.2, -0.15) is 18.4 Å². The Kier molecular flexibility index (Phi) is 5.59. The van der Waals surface area contributed by atoms with E-state index in [0.29, 0.717) is 11.3 Å². The van der Waals surface area contributed by atoms with Crippen LogP contribution in [-0.4, -0.2) is 16.5 Å². The smallest absolute Gasteiger partial charge is 0.382 e. The van der Waals surface area contributed by atoms with Crippen LogP contribution in [0.4, 0.5) is 18.9 Å². The summed E-state index contributed by atoms with van der Waals surface area (Å²) >= 11 is 0. The normalized spacial score (nSPS) is 19.0. The lowest BCUT2D eigenvalue weighted by Gasteiger charge is -2.31. The fourth-order valence-corrected chi connectivity index (χ4v) is 4.68. The lowest BCUT2D eigenvalue weighted by atomic mass is 9.90. The number of hydrogen-bond donors (Lipinski definition) is 2. The number of rotatable bonds is 4. The Balaban J connectivity index is 1.51. The maximum Gasteiger partial charge on any atom is 0.417 e. The number of nitrogens with one attached hydrogen (secondary N) is 1. The lowest BCUT2D eigenvalue weighted by molar-refractivity contribution is -0.137. The number of carbonyl (C=O) groups excluding carboxylic acids is 1. The summed E-state index contributed by atoms with van der Waals surface area (Å²) in [7, 11) is 0. The van der Waals surface area contributed by atoms with Crippen molar-refractivity contribution in [1.82, 2.24) is 4.57 Å². The third-order valence-electron chi connectivity index (χ3n) is 6.24. The molecule has 5 nitrogen and oxygen atoms in total. The van der Waals surface area contributed by atoms with Gasteiger partial charge in [0.15, 0.2) is 0 Å². The van der Waals surface area contributed by atoms with Crippen molar-refractivity contribution in [2.24, 2.45) is 5.73 Å². The molecule has 1 aliphatic carbocycles. The van der Waals surface area contributed by atoms with Crippen molar-refractivity contribution in [3.8, 4) is 6.07 Å². The fourth-order valence-electron chi connectivity index (χ4n) is 4.68. The van der Waals surface area contributed by atoms with Crippen molar-refractivity contribution in [1.29, 1.82) is 5.26 Å². The number of primary amides is 1. The number of halogens is 3. The summed E-state index contributed by atoms with van der Waals surface area (Å²) in [5.74, 6) is -0.459. The SMILES string of the molecule is Cc1cccc2c1c(C(N)=O)cn2C1CCC(Nc2ccc(C#N)c(C(F)(F)F)c2)CC1. The number of anilines is 1. The Morgan fingerprint density at radius 2 is 1.91 bits per heavy atom. The second-order valence-electron chi connectivity index (χ2n) is 8.30. The third kappa shape index (κ3) is 4.03. The van der Waals surface area contributed by atoms with E-state index in [9.17, 15) is 18.0 Å². The van der Waals surface area contributed by atoms with Crippen molar-refractivity contribution in [3.05, 3.63) is 64.8 Å². The van der Waals surface area contributed by atoms with E-state index in [4.69, 9.17) is 11.0 Å². The first kappa shape index (κ1) is 21.8. The number of nitriles is 1. The molecular weight excluding hydrogens is 417 g/mol. The van der Waals surface area contributed by atoms with Crippen molar-refractivity contribution in [2.75, 3.05) is 5.32 Å². The van der Waals surface area contributed by atoms with E-state index in [1.54, 1.807) is 6.07 Å². The van der Waals surface area contributed by atoms with Gasteiger partial charge >= 0.3 is 6.18 Å². The summed E-state index contributed by atoms with van der Waals surface area (Å²) in [6.07, 6.45) is 0.416. The molecular formula is C24H23F3N4O. The largest absolute Gasteiger partial charge is 0.417 e. The van der Waals surface area contributed by atoms with Gasteiger partial charge in [0.2, 0.25) is 0 Å². The molecule has 1 amide bonds. The lowest BCUT2D eigenvalue weighted by Crippen LogP contribution is -2.27. The molecule has 1 heterocycles. The summed E-state index contributed by atoms with van der Waals surface area (Å²) < 4.78 is 41.8. The molecule has 2 aromatic carbocycles. The van der Waals surface area contributed by atoms with Gasteiger partial charge in [-0.1, -0.05) is 12.1 Å². The van der Waals surface area contributed by atoms with Crippen LogP contribution in [0.1, 0.15) is 58.8 Å². The van der Waals surface area contributed by atoms with E-state index in [-0.39, 0.29) is 17.6 Å². The predicted octanol–water partition coefficient (Wildman–Crippen LogP) is 5.53. The number of alkyl halides is 3. The van der Waals surface area contributed by atoms with Crippen LogP contribution in [0.15, 0.2) is 42.6 Å². The summed E-state index contributed by atoms with van der Waals surface area (Å²) in [5, 5.41) is 13.0. The van der Waals surface area contributed by atoms with Gasteiger partial charge < -0.3 is 15.6 Å². The van der Waals surface area contributed by atoms with E-state index in [1.807, 2.05) is 31.3 Å². The zero-order chi connectivity index (χ0) is 23.0. The average Bonchev–Trinajstić information content (AvgIpc) is 3.15. The molecule has 3 N–H and O–H groups in total. The molecule has 166 valence electrons. The highest BCUT2D eigenvalue weighted by Gasteiger charge is 2.34. The van der Waals surface area contributed by atoms with Crippen molar-refractivity contribution >= 4 is 22.5 Å². The van der Waals surface area contributed by atoms with Crippen LogP contribution in [0.2, 0.25) is 0 Å². The van der Waals surface area contributed by atoms with E-state index >= 15 is 0 Å². The fraction of sp³-hybridized carbons (Fsp3) is 0.333. The first-order chi connectivity index (χ1) is 15.2. The molecule has 1 aliphatic rings. The van der Waals surface area contributed by atoms with Crippen LogP contribution >= 0.6 is 0 Å². The van der Waals surface area contributed by atoms with Gasteiger partial charge in [0, 0.05) is 34.9 Å². The quantitative estimate of drug-likeness (QED) is 0.559. The first-order valence-electron chi connectivity index (χ1n) is 10.5. The Morgan fingerprint density at radius 1 is 1.19 bits per heavy atom. The van der Waals surface area contributed by atoms with Gasteiger partial charge in [-0.25, -0.2) is 0 Å². The Hall–Kier alpha value is -3.47. The Bertz CT molecular complexity index is 1210. The summed E-state index contributed by atoms with van der Waals surface area (Å²) in [4.78, 5) is 12.0. The number of nitrogens with zero attached hydrogens (tertiary/aromatic N) is 2. The number of nitrogens with two attached hydrogens (primary N) is 1. The van der Waals surface area contributed by atoms with Crippen LogP contribution in [0.3, 0.4) is 0 Å². The second-order valence-corrected chi connectivity index (χ2v) is 8.30. The Morgan fingerprint density at radius 3 is 2.53 bits per heavy atom. The van der Waals surface area contributed by atoms with Crippen molar-refractivity contribution < 1.29 is 18.0 Å². The summed E-state index contributed by atoms with van der Waals surface area (Å²) in [6, 6.07) is 11.4. The minimum absolute atomic E-state index is 0.0273. The molecule has 32 heavy (non-hydrogen) atoms. The predicted molar refractivity (Wildman–Crippen MR) is 116 cm³/mol. The maximum atomic E-state index is 13.2. The molecule has 1 saturated carbocycles. The van der Waals surface area contributed by atoms with Gasteiger partial charge in [0.05, 0.1) is 22.8 Å². The zero-order valence-corrected chi connectivity index (χ0v) is 17.5. The molecule has 3 aromatic rings. The van der Waals surface area contributed by atoms with E-state index in [1.165, 1.54) is 12.1 Å². The third-order valence-corrected chi connectivity index (χ3v) is 6.24. The minimum Gasteiger partial charge on any atom is -0.382 e. The van der Waals surface area contributed by atoms with Gasteiger partial charge in [-0.05, 0) is 62.4 Å². The molecule has 1 fully saturated rings. The van der Waals surface area contributed by atoms with Crippen molar-refractivity contribution in [2.45, 2.75) is 50.9 Å². The maximum absolute atomic E-state index is 13.2. The highest BCUT2D eigenvalue weighted by atomic mass is 19.4. The van der Waals surface area contributed by atoms with Crippen LogP contribution in [0.25, 0.3) is 10.9 Å². The van der Waals surface area contributed by atoms with Gasteiger partial charge in [0.1, 0.15) is 0 Å². The number of benzene rings is 2. The topological polar surface area (TPSA) is 83.8 Å². The number of aromatic nitrogens is 1. The molecule has 0 spiro atoms. The Labute approximate surface area is 183 Å². The molecule has 0 bridgehead atoms. The number of hydrogen-bond acceptors (Lipinski definition) is 3. The number of carbonyl (C=O) groups is 1. The van der Waals surface area contributed by atoms with Crippen molar-refractivity contribution in [3.63, 3.8) is 0 Å². The van der Waals surface area contributed by atoms with Crippen LogP contribution < -0.4 is 11.1 Å². The van der Waals surface area contributed by atoms with E-state index < -0.39 is 17.6 Å². The van der Waals surface area contributed by atoms with Gasteiger partial charge in [0.25, 0.3) is 5.91 Å². The van der Waals surface area contributed by atoms with E-state index in [0.717, 1.165) is 48.2 Å². The number of aryl methyl sites for hydroxylation is 1. The van der Waals surface area contributed by atoms with Crippen LogP contribution in [0, 0.1) is 18.3 Å². The number of amides is 1. The van der Waals surface area contributed by atoms with Crippen LogP contribution in [0.5, 0.6) is 0 Å². The highest BCUT2D eigenvalue weighted by molar-refractivity contribution is 6.07. The molecule has 0 aliphatic heterocycles. The average molecular weight is 440 g/mol. The second kappa shape index (κ2) is 8.23. The summed E-state index contributed by atoms with van der Waals surface area (Å²) in [5.41, 5.74) is 7.12. The zero-order valence-electron chi connectivity index (χ0n) is 17.5. The highest BCUT2D eigenvalue weighted by Crippen LogP contribution is 2.37. The molecule has 0 atom stereocenters. The molecule has 1 aromatic heterocycles. The summed E-state index contributed by atoms with van der Waals surface area (Å²) in [6.45, 7) is 1.95. The minimum atomic E-state index is -4.58. The number of fused-ring (bicyclic) bond motifs is 1. The molecule has 0 unspecified atom stereocenters. The molecule has 0 radical (unpaired) electrons. The van der Waals surface area contributed by atoms with Gasteiger partial charge in [-0.3, -0.25) is 4.79 Å². The standard InChI is InChI=1S/C24H23F3N4O/c1-14-3-2-4-21-22(14)19(23(29)32)13-31(21)18-9-7-16(8-10-18)30-17-6-5-15(12-28)20(11-17)24(25,26)27/h2-6,11,13,16,18,30H,7-10H2,1H3,(H2,29,32). The molecule has 8 heteroatoms. The first-order valence-corrected chi connectivity index (χ1v) is 10.5. The van der Waals surface area contributed by atoms with Gasteiger partial charge in [-0.15, -0.1) is 0 Å². The van der Waals surface area contributed by atoms with E-state index in [2.05, 4.69) is 9.88 Å². The van der Waals surface area contributed by atoms with Crippen LogP contribution in [-0.2, 0) is 6.18 Å². The monoisotopic (exact) mass is 440 g/mol. The molecule has 4 rings (SSSR count). The molecule has 0 saturated heterocycles.